The molecule has 0 spiro atoms. The molecule has 0 aromatic carbocycles. The number of nitrogens with zero attached hydrogens (tertiary/aromatic N) is 1. The van der Waals surface area contributed by atoms with E-state index in [-0.39, 0.29) is 5.56 Å². The van der Waals surface area contributed by atoms with Crippen molar-refractivity contribution in [2.45, 2.75) is 18.9 Å². The molecule has 3 heterocycles. The Kier molecular flexibility index (Phi) is 2.78. The molecule has 0 saturated carbocycles. The number of hydrogen-bond acceptors (Lipinski definition) is 4. The molecule has 2 aromatic heterocycles. The molecule has 1 aliphatic heterocycles. The van der Waals surface area contributed by atoms with Gasteiger partial charge >= 0.3 is 0 Å². The molecular weight excluding hydrogens is 234 g/mol. The summed E-state index contributed by atoms with van der Waals surface area (Å²) in [6.07, 6.45) is 4.03. The third kappa shape index (κ3) is 2.16. The number of H-pyrrole nitrogens is 1. The van der Waals surface area contributed by atoms with Gasteiger partial charge in [0.05, 0.1) is 11.7 Å². The summed E-state index contributed by atoms with van der Waals surface area (Å²) < 4.78 is 0. The van der Waals surface area contributed by atoms with Gasteiger partial charge in [-0.3, -0.25) is 4.79 Å². The number of rotatable bonds is 2. The lowest BCUT2D eigenvalue weighted by Crippen LogP contribution is -2.12. The second kappa shape index (κ2) is 4.43. The molecule has 1 atom stereocenters. The van der Waals surface area contributed by atoms with Crippen LogP contribution in [0.5, 0.6) is 0 Å². The van der Waals surface area contributed by atoms with Crippen molar-refractivity contribution in [3.8, 4) is 11.3 Å². The maximum Gasteiger partial charge on any atom is 0.248 e. The van der Waals surface area contributed by atoms with Crippen LogP contribution in [0.25, 0.3) is 11.3 Å². The molecule has 1 unspecified atom stereocenters. The van der Waals surface area contributed by atoms with Gasteiger partial charge in [-0.05, 0) is 25.5 Å². The van der Waals surface area contributed by atoms with Crippen LogP contribution in [0.2, 0.25) is 0 Å². The highest BCUT2D eigenvalue weighted by Crippen LogP contribution is 2.29. The summed E-state index contributed by atoms with van der Waals surface area (Å²) in [5.41, 5.74) is 1.69. The smallest absolute Gasteiger partial charge is 0.248 e. The Morgan fingerprint density at radius 3 is 3.18 bits per heavy atom. The normalized spacial score (nSPS) is 19.6. The van der Waals surface area contributed by atoms with Crippen molar-refractivity contribution >= 4 is 11.3 Å². The molecule has 1 aliphatic rings. The predicted octanol–water partition coefficient (Wildman–Crippen LogP) is 1.92. The summed E-state index contributed by atoms with van der Waals surface area (Å²) in [7, 11) is 0. The molecule has 0 bridgehead atoms. The van der Waals surface area contributed by atoms with Crippen LogP contribution in [-0.4, -0.2) is 16.5 Å². The largest absolute Gasteiger partial charge is 0.329 e. The molecule has 1 fully saturated rings. The molecule has 0 radical (unpaired) electrons. The van der Waals surface area contributed by atoms with Crippen LogP contribution in [0.4, 0.5) is 0 Å². The number of nitrogens with one attached hydrogen (secondary N) is 2. The van der Waals surface area contributed by atoms with Crippen LogP contribution in [0.15, 0.2) is 28.5 Å². The van der Waals surface area contributed by atoms with Crippen molar-refractivity contribution < 1.29 is 0 Å². The lowest BCUT2D eigenvalue weighted by molar-refractivity contribution is 0.643. The fourth-order valence-electron chi connectivity index (χ4n) is 2.08. The van der Waals surface area contributed by atoms with Crippen molar-refractivity contribution in [1.29, 1.82) is 0 Å². The second-order valence-corrected chi connectivity index (χ2v) is 5.05. The maximum absolute atomic E-state index is 11.2. The Morgan fingerprint density at radius 2 is 2.41 bits per heavy atom. The van der Waals surface area contributed by atoms with Crippen LogP contribution in [-0.2, 0) is 0 Å². The molecule has 0 amide bonds. The van der Waals surface area contributed by atoms with Gasteiger partial charge in [0.15, 0.2) is 0 Å². The second-order valence-electron chi connectivity index (χ2n) is 4.16. The van der Waals surface area contributed by atoms with E-state index in [2.05, 4.69) is 15.3 Å². The SMILES string of the molecule is O=c1cc(-c2csc(C3CCCN3)n2)cc[nH]1. The topological polar surface area (TPSA) is 57.8 Å². The van der Waals surface area contributed by atoms with E-state index in [4.69, 9.17) is 0 Å². The van der Waals surface area contributed by atoms with E-state index in [9.17, 15) is 4.79 Å². The highest BCUT2D eigenvalue weighted by atomic mass is 32.1. The lowest BCUT2D eigenvalue weighted by atomic mass is 10.2. The van der Waals surface area contributed by atoms with E-state index in [0.29, 0.717) is 6.04 Å². The number of pyridine rings is 1. The van der Waals surface area contributed by atoms with Crippen molar-refractivity contribution in [1.82, 2.24) is 15.3 Å². The zero-order valence-electron chi connectivity index (χ0n) is 9.27. The molecule has 1 saturated heterocycles. The molecule has 3 rings (SSSR count). The van der Waals surface area contributed by atoms with E-state index in [0.717, 1.165) is 29.2 Å². The number of aromatic nitrogens is 2. The van der Waals surface area contributed by atoms with E-state index in [1.54, 1.807) is 23.6 Å². The van der Waals surface area contributed by atoms with Crippen LogP contribution in [0.3, 0.4) is 0 Å². The van der Waals surface area contributed by atoms with Gasteiger partial charge in [-0.2, -0.15) is 0 Å². The third-order valence-electron chi connectivity index (χ3n) is 2.95. The first-order chi connectivity index (χ1) is 8.33. The van der Waals surface area contributed by atoms with Crippen molar-refractivity contribution in [2.75, 3.05) is 6.54 Å². The highest BCUT2D eigenvalue weighted by Gasteiger charge is 2.19. The molecular formula is C12H13N3OS. The fourth-order valence-corrected chi connectivity index (χ4v) is 3.02. The van der Waals surface area contributed by atoms with Crippen LogP contribution in [0, 0.1) is 0 Å². The minimum atomic E-state index is -0.0870. The number of aromatic amines is 1. The number of thiazole rings is 1. The molecule has 5 heteroatoms. The molecule has 2 N–H and O–H groups in total. The van der Waals surface area contributed by atoms with E-state index in [1.807, 2.05) is 11.4 Å². The van der Waals surface area contributed by atoms with Crippen molar-refractivity contribution in [3.05, 3.63) is 39.1 Å². The monoisotopic (exact) mass is 247 g/mol. The van der Waals surface area contributed by atoms with Gasteiger partial charge in [-0.15, -0.1) is 11.3 Å². The Hall–Kier alpha value is -1.46. The Bertz CT molecular complexity index is 569. The quantitative estimate of drug-likeness (QED) is 0.852. The van der Waals surface area contributed by atoms with E-state index >= 15 is 0 Å². The summed E-state index contributed by atoms with van der Waals surface area (Å²) in [6.45, 7) is 1.07. The Labute approximate surface area is 103 Å². The first-order valence-electron chi connectivity index (χ1n) is 5.71. The minimum absolute atomic E-state index is 0.0870. The average molecular weight is 247 g/mol. The van der Waals surface area contributed by atoms with E-state index < -0.39 is 0 Å². The number of hydrogen-bond donors (Lipinski definition) is 2. The maximum atomic E-state index is 11.2. The molecule has 0 aliphatic carbocycles. The zero-order chi connectivity index (χ0) is 11.7. The van der Waals surface area contributed by atoms with Gasteiger partial charge in [-0.1, -0.05) is 0 Å². The van der Waals surface area contributed by atoms with Crippen molar-refractivity contribution in [3.63, 3.8) is 0 Å². The van der Waals surface area contributed by atoms with Crippen LogP contribution in [0.1, 0.15) is 23.9 Å². The molecule has 17 heavy (non-hydrogen) atoms. The van der Waals surface area contributed by atoms with E-state index in [1.165, 1.54) is 6.42 Å². The predicted molar refractivity (Wildman–Crippen MR) is 68.1 cm³/mol. The van der Waals surface area contributed by atoms with Gasteiger partial charge in [0.2, 0.25) is 5.56 Å². The van der Waals surface area contributed by atoms with Crippen LogP contribution >= 0.6 is 11.3 Å². The standard InChI is InChI=1S/C12H13N3OS/c16-11-6-8(3-5-14-11)10-7-17-12(15-10)9-2-1-4-13-9/h3,5-7,9,13H,1-2,4H2,(H,14,16). The lowest BCUT2D eigenvalue weighted by Gasteiger charge is -2.04. The van der Waals surface area contributed by atoms with Crippen LogP contribution < -0.4 is 10.9 Å². The van der Waals surface area contributed by atoms with Gasteiger partial charge in [-0.25, -0.2) is 4.98 Å². The summed E-state index contributed by atoms with van der Waals surface area (Å²) in [5.74, 6) is 0. The summed E-state index contributed by atoms with van der Waals surface area (Å²) in [4.78, 5) is 18.5. The summed E-state index contributed by atoms with van der Waals surface area (Å²) in [5, 5.41) is 6.57. The molecule has 4 nitrogen and oxygen atoms in total. The fraction of sp³-hybridized carbons (Fsp3) is 0.333. The third-order valence-corrected chi connectivity index (χ3v) is 3.91. The first kappa shape index (κ1) is 10.7. The Balaban J connectivity index is 1.91. The summed E-state index contributed by atoms with van der Waals surface area (Å²) in [6, 6.07) is 3.86. The van der Waals surface area contributed by atoms with Gasteiger partial charge in [0, 0.05) is 23.2 Å². The Morgan fingerprint density at radius 1 is 1.47 bits per heavy atom. The van der Waals surface area contributed by atoms with Gasteiger partial charge < -0.3 is 10.3 Å². The van der Waals surface area contributed by atoms with Gasteiger partial charge in [0.1, 0.15) is 5.01 Å². The first-order valence-corrected chi connectivity index (χ1v) is 6.59. The molecule has 88 valence electrons. The van der Waals surface area contributed by atoms with Crippen molar-refractivity contribution in [2.24, 2.45) is 0 Å². The van der Waals surface area contributed by atoms with Gasteiger partial charge in [0.25, 0.3) is 0 Å². The average Bonchev–Trinajstić information content (AvgIpc) is 3.00. The molecule has 2 aromatic rings. The minimum Gasteiger partial charge on any atom is -0.329 e. The highest BCUT2D eigenvalue weighted by molar-refractivity contribution is 7.10. The summed E-state index contributed by atoms with van der Waals surface area (Å²) >= 11 is 1.66. The zero-order valence-corrected chi connectivity index (χ0v) is 10.1.